The van der Waals surface area contributed by atoms with Crippen LogP contribution in [0.15, 0.2) is 27.6 Å². The number of hydrogen-bond acceptors (Lipinski definition) is 4. The van der Waals surface area contributed by atoms with Gasteiger partial charge >= 0.3 is 0 Å². The molecule has 1 aliphatic heterocycles. The fourth-order valence-corrected chi connectivity index (χ4v) is 4.99. The Hall–Kier alpha value is -0.470. The van der Waals surface area contributed by atoms with Crippen LogP contribution in [0.3, 0.4) is 0 Å². The molecule has 0 amide bonds. The molecule has 0 aromatic heterocycles. The molecule has 1 atom stereocenters. The van der Waals surface area contributed by atoms with Gasteiger partial charge in [-0.05, 0) is 46.0 Å². The van der Waals surface area contributed by atoms with Crippen molar-refractivity contribution in [1.82, 2.24) is 4.31 Å². The highest BCUT2D eigenvalue weighted by atomic mass is 79.9. The predicted octanol–water partition coefficient (Wildman–Crippen LogP) is 1.60. The highest BCUT2D eigenvalue weighted by Gasteiger charge is 2.33. The molecular weight excluding hydrogens is 346 g/mol. The Bertz CT molecular complexity index is 576. The second-order valence-corrected chi connectivity index (χ2v) is 7.66. The largest absolute Gasteiger partial charge is 0.392 e. The third kappa shape index (κ3) is 3.23. The summed E-state index contributed by atoms with van der Waals surface area (Å²) in [6.07, 6.45) is 0.819. The van der Waals surface area contributed by atoms with E-state index < -0.39 is 10.0 Å². The zero-order valence-corrected chi connectivity index (χ0v) is 13.7. The predicted molar refractivity (Wildman–Crippen MR) is 78.8 cm³/mol. The van der Waals surface area contributed by atoms with Gasteiger partial charge in [-0.25, -0.2) is 8.42 Å². The second-order valence-electron chi connectivity index (χ2n) is 4.90. The van der Waals surface area contributed by atoms with Crippen LogP contribution in [0.25, 0.3) is 0 Å². The summed E-state index contributed by atoms with van der Waals surface area (Å²) >= 11 is 3.28. The van der Waals surface area contributed by atoms with Gasteiger partial charge in [-0.15, -0.1) is 0 Å². The summed E-state index contributed by atoms with van der Waals surface area (Å²) in [5.74, 6) is 0.255. The van der Waals surface area contributed by atoms with Gasteiger partial charge in [0, 0.05) is 24.7 Å². The first kappa shape index (κ1) is 15.9. The third-order valence-electron chi connectivity index (χ3n) is 3.45. The molecule has 2 rings (SSSR count). The first-order valence-electron chi connectivity index (χ1n) is 6.37. The van der Waals surface area contributed by atoms with Crippen LogP contribution in [0.5, 0.6) is 0 Å². The monoisotopic (exact) mass is 363 g/mol. The lowest BCUT2D eigenvalue weighted by Gasteiger charge is -2.18. The van der Waals surface area contributed by atoms with E-state index in [4.69, 9.17) is 9.84 Å². The number of nitrogens with zero attached hydrogens (tertiary/aromatic N) is 1. The average Bonchev–Trinajstić information content (AvgIpc) is 2.88. The summed E-state index contributed by atoms with van der Waals surface area (Å²) < 4.78 is 32.3. The maximum atomic E-state index is 12.6. The van der Waals surface area contributed by atoms with Crippen molar-refractivity contribution in [2.24, 2.45) is 5.92 Å². The van der Waals surface area contributed by atoms with E-state index in [9.17, 15) is 8.42 Å². The fourth-order valence-electron chi connectivity index (χ4n) is 2.38. The van der Waals surface area contributed by atoms with E-state index in [-0.39, 0.29) is 17.4 Å². The molecule has 0 saturated carbocycles. The van der Waals surface area contributed by atoms with Gasteiger partial charge in [-0.2, -0.15) is 4.31 Å². The van der Waals surface area contributed by atoms with Crippen LogP contribution in [0.2, 0.25) is 0 Å². The van der Waals surface area contributed by atoms with Crippen molar-refractivity contribution in [3.8, 4) is 0 Å². The zero-order valence-electron chi connectivity index (χ0n) is 11.3. The Morgan fingerprint density at radius 1 is 1.50 bits per heavy atom. The average molecular weight is 364 g/mol. The summed E-state index contributed by atoms with van der Waals surface area (Å²) in [4.78, 5) is 0.243. The normalized spacial score (nSPS) is 20.4. The van der Waals surface area contributed by atoms with Crippen LogP contribution >= 0.6 is 15.9 Å². The van der Waals surface area contributed by atoms with E-state index in [2.05, 4.69) is 15.9 Å². The summed E-state index contributed by atoms with van der Waals surface area (Å²) in [5.41, 5.74) is 0.675. The molecule has 1 aromatic carbocycles. The van der Waals surface area contributed by atoms with Gasteiger partial charge in [0.2, 0.25) is 10.0 Å². The van der Waals surface area contributed by atoms with Gasteiger partial charge in [-0.3, -0.25) is 0 Å². The Morgan fingerprint density at radius 2 is 2.25 bits per heavy atom. The standard InChI is InChI=1S/C13H18BrNO4S/c1-19-9-11-4-5-15(7-11)20(17,18)13-3-2-10(8-16)6-12(13)14/h2-3,6,11,16H,4-5,7-9H2,1H3. The smallest absolute Gasteiger partial charge is 0.244 e. The molecule has 112 valence electrons. The van der Waals surface area contributed by atoms with Crippen molar-refractivity contribution in [2.45, 2.75) is 17.9 Å². The van der Waals surface area contributed by atoms with Crippen LogP contribution in [0.4, 0.5) is 0 Å². The van der Waals surface area contributed by atoms with E-state index in [0.29, 0.717) is 29.7 Å². The number of benzene rings is 1. The quantitative estimate of drug-likeness (QED) is 0.862. The molecule has 1 aromatic rings. The first-order chi connectivity index (χ1) is 9.48. The van der Waals surface area contributed by atoms with Crippen LogP contribution in [-0.2, 0) is 21.4 Å². The first-order valence-corrected chi connectivity index (χ1v) is 8.60. The molecule has 1 unspecified atom stereocenters. The van der Waals surface area contributed by atoms with Crippen molar-refractivity contribution in [2.75, 3.05) is 26.8 Å². The molecule has 1 N–H and O–H groups in total. The van der Waals surface area contributed by atoms with E-state index in [1.54, 1.807) is 19.2 Å². The highest BCUT2D eigenvalue weighted by Crippen LogP contribution is 2.29. The molecule has 1 heterocycles. The Kier molecular flexibility index (Phi) is 5.19. The van der Waals surface area contributed by atoms with Crippen LogP contribution < -0.4 is 0 Å². The van der Waals surface area contributed by atoms with Crippen molar-refractivity contribution in [1.29, 1.82) is 0 Å². The van der Waals surface area contributed by atoms with Crippen molar-refractivity contribution >= 4 is 26.0 Å². The van der Waals surface area contributed by atoms with Crippen LogP contribution in [0.1, 0.15) is 12.0 Å². The molecule has 0 spiro atoms. The number of rotatable bonds is 5. The number of hydrogen-bond donors (Lipinski definition) is 1. The molecular formula is C13H18BrNO4S. The van der Waals surface area contributed by atoms with Crippen molar-refractivity contribution < 1.29 is 18.3 Å². The minimum Gasteiger partial charge on any atom is -0.392 e. The van der Waals surface area contributed by atoms with Gasteiger partial charge in [-0.1, -0.05) is 6.07 Å². The highest BCUT2D eigenvalue weighted by molar-refractivity contribution is 9.10. The maximum Gasteiger partial charge on any atom is 0.244 e. The van der Waals surface area contributed by atoms with Gasteiger partial charge in [0.15, 0.2) is 0 Å². The van der Waals surface area contributed by atoms with Gasteiger partial charge in [0.25, 0.3) is 0 Å². The Labute approximate surface area is 127 Å². The number of ether oxygens (including phenoxy) is 1. The lowest BCUT2D eigenvalue weighted by Crippen LogP contribution is -2.29. The number of sulfonamides is 1. The topological polar surface area (TPSA) is 66.8 Å². The number of halogens is 1. The maximum absolute atomic E-state index is 12.6. The fraction of sp³-hybridized carbons (Fsp3) is 0.538. The molecule has 1 fully saturated rings. The van der Waals surface area contributed by atoms with Crippen molar-refractivity contribution in [3.63, 3.8) is 0 Å². The van der Waals surface area contributed by atoms with Crippen molar-refractivity contribution in [3.05, 3.63) is 28.2 Å². The summed E-state index contributed by atoms with van der Waals surface area (Å²) in [6, 6.07) is 4.80. The summed E-state index contributed by atoms with van der Waals surface area (Å²) in [5, 5.41) is 9.07. The van der Waals surface area contributed by atoms with Gasteiger partial charge in [0.05, 0.1) is 18.1 Å². The van der Waals surface area contributed by atoms with Crippen LogP contribution in [0, 0.1) is 5.92 Å². The Morgan fingerprint density at radius 3 is 2.85 bits per heavy atom. The van der Waals surface area contributed by atoms with Crippen LogP contribution in [-0.4, -0.2) is 44.6 Å². The number of aliphatic hydroxyl groups excluding tert-OH is 1. The van der Waals surface area contributed by atoms with Gasteiger partial charge in [0.1, 0.15) is 0 Å². The molecule has 0 aliphatic carbocycles. The molecule has 1 aliphatic rings. The molecule has 0 bridgehead atoms. The summed E-state index contributed by atoms with van der Waals surface area (Å²) in [6.45, 7) is 1.48. The van der Waals surface area contributed by atoms with Gasteiger partial charge < -0.3 is 9.84 Å². The SMILES string of the molecule is COCC1CCN(S(=O)(=O)c2ccc(CO)cc2Br)C1. The molecule has 20 heavy (non-hydrogen) atoms. The number of methoxy groups -OCH3 is 1. The molecule has 1 saturated heterocycles. The minimum atomic E-state index is -3.50. The lowest BCUT2D eigenvalue weighted by atomic mass is 10.1. The van der Waals surface area contributed by atoms with E-state index in [1.807, 2.05) is 0 Å². The lowest BCUT2D eigenvalue weighted by molar-refractivity contribution is 0.157. The van der Waals surface area contributed by atoms with E-state index >= 15 is 0 Å². The molecule has 7 heteroatoms. The molecule has 5 nitrogen and oxygen atoms in total. The van der Waals surface area contributed by atoms with E-state index in [1.165, 1.54) is 10.4 Å². The third-order valence-corrected chi connectivity index (χ3v) is 6.29. The van der Waals surface area contributed by atoms with E-state index in [0.717, 1.165) is 6.42 Å². The zero-order chi connectivity index (χ0) is 14.8. The summed E-state index contributed by atoms with van der Waals surface area (Å²) in [7, 11) is -1.87. The number of aliphatic hydroxyl groups is 1. The Balaban J connectivity index is 2.23. The molecule has 0 radical (unpaired) electrons. The minimum absolute atomic E-state index is 0.113. The second kappa shape index (κ2) is 6.53.